The van der Waals surface area contributed by atoms with Crippen LogP contribution in [0.4, 0.5) is 5.69 Å². The molecule has 0 atom stereocenters. The van der Waals surface area contributed by atoms with Gasteiger partial charge in [0.05, 0.1) is 16.7 Å². The van der Waals surface area contributed by atoms with Gasteiger partial charge in [0, 0.05) is 41.3 Å². The summed E-state index contributed by atoms with van der Waals surface area (Å²) in [6.45, 7) is 6.57. The molecular formula is C27H25N3O2. The van der Waals surface area contributed by atoms with E-state index < -0.39 is 0 Å². The van der Waals surface area contributed by atoms with Gasteiger partial charge in [0.15, 0.2) is 0 Å². The largest absolute Gasteiger partial charge is 0.309 e. The van der Waals surface area contributed by atoms with Crippen LogP contribution in [0.25, 0.3) is 27.5 Å². The van der Waals surface area contributed by atoms with Crippen molar-refractivity contribution in [2.24, 2.45) is 0 Å². The van der Waals surface area contributed by atoms with Crippen LogP contribution in [0.2, 0.25) is 0 Å². The van der Waals surface area contributed by atoms with Crippen LogP contribution >= 0.6 is 0 Å². The molecule has 4 aromatic rings. The minimum absolute atomic E-state index is 0.0151. The van der Waals surface area contributed by atoms with Crippen molar-refractivity contribution in [2.75, 3.05) is 11.4 Å². The molecule has 2 aromatic heterocycles. The van der Waals surface area contributed by atoms with E-state index in [9.17, 15) is 9.59 Å². The molecule has 3 heterocycles. The Morgan fingerprint density at radius 1 is 1.06 bits per heavy atom. The molecule has 0 unspecified atom stereocenters. The van der Waals surface area contributed by atoms with E-state index >= 15 is 0 Å². The Labute approximate surface area is 186 Å². The Kier molecular flexibility index (Phi) is 4.89. The maximum atomic E-state index is 13.1. The highest BCUT2D eigenvalue weighted by molar-refractivity contribution is 6.05. The fourth-order valence-electron chi connectivity index (χ4n) is 4.54. The number of allylic oxidation sites excluding steroid dienone is 1. The molecule has 0 bridgehead atoms. The number of amides is 1. The Morgan fingerprint density at radius 3 is 2.72 bits per heavy atom. The molecular weight excluding hydrogens is 398 g/mol. The number of benzene rings is 2. The molecule has 32 heavy (non-hydrogen) atoms. The third-order valence-electron chi connectivity index (χ3n) is 6.00. The number of hydrogen-bond donors (Lipinski definition) is 0. The first-order valence-corrected chi connectivity index (χ1v) is 10.9. The molecule has 0 fully saturated rings. The molecule has 2 aromatic carbocycles. The Morgan fingerprint density at radius 2 is 1.91 bits per heavy atom. The van der Waals surface area contributed by atoms with E-state index in [0.717, 1.165) is 62.7 Å². The summed E-state index contributed by atoms with van der Waals surface area (Å²) in [6, 6.07) is 15.5. The third-order valence-corrected chi connectivity index (χ3v) is 6.00. The van der Waals surface area contributed by atoms with E-state index in [4.69, 9.17) is 0 Å². The molecule has 1 amide bonds. The Balaban J connectivity index is 1.78. The fourth-order valence-corrected chi connectivity index (χ4v) is 4.54. The Bertz CT molecular complexity index is 1480. The van der Waals surface area contributed by atoms with Crippen LogP contribution in [-0.4, -0.2) is 22.0 Å². The second-order valence-electron chi connectivity index (χ2n) is 8.72. The third kappa shape index (κ3) is 3.40. The van der Waals surface area contributed by atoms with Crippen LogP contribution in [0, 0.1) is 6.92 Å². The molecule has 0 spiro atoms. The fraction of sp³-hybridized carbons (Fsp3) is 0.222. The standard InChI is InChI=1S/C27H25N3O2/c1-17(2)13-26(32)29-12-4-5-19-7-9-21(15-24(19)29)30-25(31)11-8-20-16-28-23-10-6-18(3)14-22(23)27(20)30/h6-11,13-16H,4-5,12H2,1-3H3. The molecule has 0 saturated heterocycles. The molecule has 160 valence electrons. The highest BCUT2D eigenvalue weighted by Gasteiger charge is 2.22. The molecule has 1 aliphatic rings. The topological polar surface area (TPSA) is 55.2 Å². The van der Waals surface area contributed by atoms with Gasteiger partial charge in [0.1, 0.15) is 0 Å². The van der Waals surface area contributed by atoms with Gasteiger partial charge in [-0.3, -0.25) is 19.1 Å². The Hall–Kier alpha value is -3.73. The average molecular weight is 424 g/mol. The summed E-state index contributed by atoms with van der Waals surface area (Å²) in [7, 11) is 0. The zero-order chi connectivity index (χ0) is 22.4. The number of aromatic nitrogens is 2. The number of nitrogens with zero attached hydrogens (tertiary/aromatic N) is 3. The summed E-state index contributed by atoms with van der Waals surface area (Å²) >= 11 is 0. The smallest absolute Gasteiger partial charge is 0.255 e. The number of anilines is 1. The predicted octanol–water partition coefficient (Wildman–Crippen LogP) is 5.09. The van der Waals surface area contributed by atoms with Crippen molar-refractivity contribution >= 4 is 33.4 Å². The quantitative estimate of drug-likeness (QED) is 0.333. The number of carbonyl (C=O) groups is 1. The zero-order valence-corrected chi connectivity index (χ0v) is 18.6. The minimum Gasteiger partial charge on any atom is -0.309 e. The first-order chi connectivity index (χ1) is 15.4. The van der Waals surface area contributed by atoms with Crippen molar-refractivity contribution in [3.8, 4) is 5.69 Å². The highest BCUT2D eigenvalue weighted by atomic mass is 16.2. The monoisotopic (exact) mass is 423 g/mol. The number of aryl methyl sites for hydroxylation is 2. The van der Waals surface area contributed by atoms with Gasteiger partial charge in [-0.05, 0) is 69.5 Å². The van der Waals surface area contributed by atoms with Gasteiger partial charge in [-0.15, -0.1) is 0 Å². The molecule has 0 aliphatic carbocycles. The summed E-state index contributed by atoms with van der Waals surface area (Å²) in [6.07, 6.45) is 5.34. The van der Waals surface area contributed by atoms with Gasteiger partial charge in [-0.2, -0.15) is 0 Å². The van der Waals surface area contributed by atoms with Crippen molar-refractivity contribution in [1.29, 1.82) is 0 Å². The van der Waals surface area contributed by atoms with E-state index in [1.807, 2.05) is 68.3 Å². The number of hydrogen-bond acceptors (Lipinski definition) is 3. The van der Waals surface area contributed by atoms with Crippen molar-refractivity contribution in [3.63, 3.8) is 0 Å². The summed E-state index contributed by atoms with van der Waals surface area (Å²) in [5.41, 5.74) is 6.43. The summed E-state index contributed by atoms with van der Waals surface area (Å²) in [5.74, 6) is -0.0151. The summed E-state index contributed by atoms with van der Waals surface area (Å²) < 4.78 is 1.75. The van der Waals surface area contributed by atoms with Gasteiger partial charge in [-0.1, -0.05) is 23.3 Å². The van der Waals surface area contributed by atoms with Crippen LogP contribution < -0.4 is 10.5 Å². The van der Waals surface area contributed by atoms with Crippen LogP contribution in [-0.2, 0) is 11.2 Å². The van der Waals surface area contributed by atoms with Crippen LogP contribution in [0.5, 0.6) is 0 Å². The molecule has 5 rings (SSSR count). The SMILES string of the molecule is CC(C)=CC(=O)N1CCCc2ccc(-n3c(=O)ccc4cnc5ccc(C)cc5c43)cc21. The van der Waals surface area contributed by atoms with E-state index in [1.54, 1.807) is 16.7 Å². The zero-order valence-electron chi connectivity index (χ0n) is 18.6. The lowest BCUT2D eigenvalue weighted by molar-refractivity contribution is -0.114. The second kappa shape index (κ2) is 7.75. The summed E-state index contributed by atoms with van der Waals surface area (Å²) in [4.78, 5) is 32.4. The molecule has 5 nitrogen and oxygen atoms in total. The van der Waals surface area contributed by atoms with E-state index in [1.165, 1.54) is 0 Å². The lowest BCUT2D eigenvalue weighted by Crippen LogP contribution is -2.34. The molecule has 0 N–H and O–H groups in total. The molecule has 1 aliphatic heterocycles. The number of carbonyl (C=O) groups excluding carboxylic acids is 1. The number of rotatable bonds is 2. The molecule has 0 saturated carbocycles. The highest BCUT2D eigenvalue weighted by Crippen LogP contribution is 2.32. The van der Waals surface area contributed by atoms with Crippen LogP contribution in [0.1, 0.15) is 31.4 Å². The normalized spacial score (nSPS) is 13.3. The molecule has 5 heteroatoms. The predicted molar refractivity (Wildman–Crippen MR) is 130 cm³/mol. The van der Waals surface area contributed by atoms with Gasteiger partial charge in [0.25, 0.3) is 11.5 Å². The first-order valence-electron chi connectivity index (χ1n) is 10.9. The molecule has 0 radical (unpaired) electrons. The van der Waals surface area contributed by atoms with Crippen LogP contribution in [0.3, 0.4) is 0 Å². The minimum atomic E-state index is -0.107. The number of fused-ring (bicyclic) bond motifs is 4. The van der Waals surface area contributed by atoms with Crippen molar-refractivity contribution in [3.05, 3.63) is 87.9 Å². The lowest BCUT2D eigenvalue weighted by atomic mass is 10.0. The van der Waals surface area contributed by atoms with E-state index in [0.29, 0.717) is 6.54 Å². The van der Waals surface area contributed by atoms with Gasteiger partial charge in [0.2, 0.25) is 0 Å². The lowest BCUT2D eigenvalue weighted by Gasteiger charge is -2.29. The van der Waals surface area contributed by atoms with Crippen molar-refractivity contribution in [1.82, 2.24) is 9.55 Å². The first kappa shape index (κ1) is 20.2. The second-order valence-corrected chi connectivity index (χ2v) is 8.72. The van der Waals surface area contributed by atoms with Crippen molar-refractivity contribution in [2.45, 2.75) is 33.6 Å². The van der Waals surface area contributed by atoms with E-state index in [-0.39, 0.29) is 11.5 Å². The maximum absolute atomic E-state index is 13.1. The van der Waals surface area contributed by atoms with Gasteiger partial charge >= 0.3 is 0 Å². The van der Waals surface area contributed by atoms with Gasteiger partial charge < -0.3 is 4.90 Å². The number of pyridine rings is 2. The van der Waals surface area contributed by atoms with E-state index in [2.05, 4.69) is 11.1 Å². The summed E-state index contributed by atoms with van der Waals surface area (Å²) in [5, 5.41) is 1.84. The van der Waals surface area contributed by atoms with Crippen molar-refractivity contribution < 1.29 is 4.79 Å². The van der Waals surface area contributed by atoms with Gasteiger partial charge in [-0.25, -0.2) is 0 Å². The maximum Gasteiger partial charge on any atom is 0.255 e. The van der Waals surface area contributed by atoms with Crippen LogP contribution in [0.15, 0.2) is 71.2 Å². The average Bonchev–Trinajstić information content (AvgIpc) is 2.77.